The fourth-order valence-electron chi connectivity index (χ4n) is 2.47. The summed E-state index contributed by atoms with van der Waals surface area (Å²) in [6, 6.07) is 24.5. The van der Waals surface area contributed by atoms with E-state index in [0.717, 1.165) is 5.56 Å². The van der Waals surface area contributed by atoms with Crippen molar-refractivity contribution in [3.63, 3.8) is 0 Å². The van der Waals surface area contributed by atoms with Crippen molar-refractivity contribution < 1.29 is 14.4 Å². The highest BCUT2D eigenvalue weighted by Crippen LogP contribution is 2.11. The number of amides is 3. The van der Waals surface area contributed by atoms with Gasteiger partial charge in [0.1, 0.15) is 0 Å². The fourth-order valence-corrected chi connectivity index (χ4v) is 2.47. The summed E-state index contributed by atoms with van der Waals surface area (Å²) in [4.78, 5) is 36.1. The highest BCUT2D eigenvalue weighted by atomic mass is 16.2. The van der Waals surface area contributed by atoms with Gasteiger partial charge in [0.25, 0.3) is 17.7 Å². The van der Waals surface area contributed by atoms with Crippen molar-refractivity contribution >= 4 is 29.5 Å². The molecule has 0 atom stereocenters. The van der Waals surface area contributed by atoms with E-state index in [-0.39, 0.29) is 5.91 Å². The molecule has 0 saturated carbocycles. The number of carbonyl (C=O) groups is 3. The van der Waals surface area contributed by atoms with Crippen molar-refractivity contribution in [2.75, 3.05) is 5.32 Å². The van der Waals surface area contributed by atoms with Crippen LogP contribution < -0.4 is 16.2 Å². The minimum Gasteiger partial charge on any atom is -0.322 e. The van der Waals surface area contributed by atoms with Crippen LogP contribution in [0, 0.1) is 0 Å². The quantitative estimate of drug-likeness (QED) is 0.465. The minimum absolute atomic E-state index is 0.236. The summed E-state index contributed by atoms with van der Waals surface area (Å²) in [5, 5.41) is 2.76. The molecule has 144 valence electrons. The van der Waals surface area contributed by atoms with Gasteiger partial charge in [-0.15, -0.1) is 0 Å². The van der Waals surface area contributed by atoms with Gasteiger partial charge in [-0.25, -0.2) is 0 Å². The zero-order chi connectivity index (χ0) is 20.5. The van der Waals surface area contributed by atoms with Gasteiger partial charge in [0.2, 0.25) is 0 Å². The van der Waals surface area contributed by atoms with Crippen LogP contribution in [0.25, 0.3) is 6.08 Å². The molecule has 29 heavy (non-hydrogen) atoms. The van der Waals surface area contributed by atoms with E-state index in [9.17, 15) is 14.4 Å². The molecule has 0 aromatic heterocycles. The van der Waals surface area contributed by atoms with E-state index in [1.807, 2.05) is 36.4 Å². The van der Waals surface area contributed by atoms with Gasteiger partial charge in [-0.05, 0) is 48.0 Å². The Kier molecular flexibility index (Phi) is 6.52. The number of nitrogens with one attached hydrogen (secondary N) is 3. The first-order valence-corrected chi connectivity index (χ1v) is 8.92. The van der Waals surface area contributed by atoms with Crippen LogP contribution in [0.1, 0.15) is 26.3 Å². The number of hydrazine groups is 1. The SMILES string of the molecule is O=C(/C=C/c1ccccc1)NNC(=O)c1ccc(NC(=O)c2ccccc2)cc1. The van der Waals surface area contributed by atoms with Gasteiger partial charge in [0, 0.05) is 22.9 Å². The maximum absolute atomic E-state index is 12.1. The molecule has 0 fully saturated rings. The summed E-state index contributed by atoms with van der Waals surface area (Å²) >= 11 is 0. The molecule has 0 aliphatic carbocycles. The number of benzene rings is 3. The lowest BCUT2D eigenvalue weighted by atomic mass is 10.1. The molecule has 6 nitrogen and oxygen atoms in total. The minimum atomic E-state index is -0.465. The predicted octanol–water partition coefficient (Wildman–Crippen LogP) is 3.41. The molecule has 3 amide bonds. The van der Waals surface area contributed by atoms with Crippen LogP contribution in [0.15, 0.2) is 91.0 Å². The molecule has 3 N–H and O–H groups in total. The molecule has 0 bridgehead atoms. The van der Waals surface area contributed by atoms with Gasteiger partial charge in [-0.2, -0.15) is 0 Å². The number of hydrogen-bond acceptors (Lipinski definition) is 3. The lowest BCUT2D eigenvalue weighted by molar-refractivity contribution is -0.117. The Morgan fingerprint density at radius 3 is 1.86 bits per heavy atom. The molecule has 0 radical (unpaired) electrons. The van der Waals surface area contributed by atoms with Crippen LogP contribution in [0.3, 0.4) is 0 Å². The Balaban J connectivity index is 1.50. The monoisotopic (exact) mass is 385 g/mol. The average Bonchev–Trinajstić information content (AvgIpc) is 2.78. The normalized spacial score (nSPS) is 10.3. The number of anilines is 1. The zero-order valence-corrected chi connectivity index (χ0v) is 15.5. The summed E-state index contributed by atoms with van der Waals surface area (Å²) in [5.74, 6) is -1.15. The largest absolute Gasteiger partial charge is 0.322 e. The summed E-state index contributed by atoms with van der Waals surface area (Å²) in [7, 11) is 0. The first kappa shape index (κ1) is 19.6. The molecular formula is C23H19N3O3. The third-order valence-corrected chi connectivity index (χ3v) is 3.97. The lowest BCUT2D eigenvalue weighted by Crippen LogP contribution is -2.40. The van der Waals surface area contributed by atoms with Gasteiger partial charge in [0.05, 0.1) is 0 Å². The van der Waals surface area contributed by atoms with E-state index in [1.54, 1.807) is 54.6 Å². The zero-order valence-electron chi connectivity index (χ0n) is 15.5. The highest BCUT2D eigenvalue weighted by Gasteiger charge is 2.08. The summed E-state index contributed by atoms with van der Waals surface area (Å²) in [6.45, 7) is 0. The number of hydrogen-bond donors (Lipinski definition) is 3. The molecule has 0 saturated heterocycles. The Morgan fingerprint density at radius 1 is 0.621 bits per heavy atom. The van der Waals surface area contributed by atoms with Gasteiger partial charge >= 0.3 is 0 Å². The van der Waals surface area contributed by atoms with E-state index >= 15 is 0 Å². The van der Waals surface area contributed by atoms with Crippen molar-refractivity contribution in [1.29, 1.82) is 0 Å². The van der Waals surface area contributed by atoms with Crippen molar-refractivity contribution in [3.05, 3.63) is 108 Å². The summed E-state index contributed by atoms with van der Waals surface area (Å²) in [6.07, 6.45) is 2.98. The van der Waals surface area contributed by atoms with Crippen molar-refractivity contribution in [3.8, 4) is 0 Å². The maximum Gasteiger partial charge on any atom is 0.269 e. The first-order valence-electron chi connectivity index (χ1n) is 8.92. The van der Waals surface area contributed by atoms with Gasteiger partial charge in [-0.3, -0.25) is 25.2 Å². The second-order valence-electron chi connectivity index (χ2n) is 6.08. The highest BCUT2D eigenvalue weighted by molar-refractivity contribution is 6.04. The van der Waals surface area contributed by atoms with Crippen molar-refractivity contribution in [1.82, 2.24) is 10.9 Å². The maximum atomic E-state index is 12.1. The average molecular weight is 385 g/mol. The van der Waals surface area contributed by atoms with Crippen LogP contribution in [0.2, 0.25) is 0 Å². The molecule has 0 aliphatic heterocycles. The Morgan fingerprint density at radius 2 is 1.21 bits per heavy atom. The first-order chi connectivity index (χ1) is 14.1. The molecule has 6 heteroatoms. The lowest BCUT2D eigenvalue weighted by Gasteiger charge is -2.08. The van der Waals surface area contributed by atoms with E-state index in [4.69, 9.17) is 0 Å². The second-order valence-corrected chi connectivity index (χ2v) is 6.08. The molecule has 0 unspecified atom stereocenters. The van der Waals surface area contributed by atoms with Gasteiger partial charge in [0.15, 0.2) is 0 Å². The van der Waals surface area contributed by atoms with Crippen LogP contribution in [-0.2, 0) is 4.79 Å². The summed E-state index contributed by atoms with van der Waals surface area (Å²) in [5.41, 5.74) is 6.99. The van der Waals surface area contributed by atoms with Crippen LogP contribution in [-0.4, -0.2) is 17.7 Å². The van der Waals surface area contributed by atoms with Gasteiger partial charge < -0.3 is 5.32 Å². The fraction of sp³-hybridized carbons (Fsp3) is 0. The summed E-state index contributed by atoms with van der Waals surface area (Å²) < 4.78 is 0. The third-order valence-electron chi connectivity index (χ3n) is 3.97. The Labute approximate surface area is 168 Å². The number of rotatable bonds is 5. The van der Waals surface area contributed by atoms with E-state index in [1.165, 1.54) is 6.08 Å². The molecule has 3 aromatic carbocycles. The topological polar surface area (TPSA) is 87.3 Å². The smallest absolute Gasteiger partial charge is 0.269 e. The van der Waals surface area contributed by atoms with Gasteiger partial charge in [-0.1, -0.05) is 48.5 Å². The van der Waals surface area contributed by atoms with E-state index in [2.05, 4.69) is 16.2 Å². The number of carbonyl (C=O) groups excluding carboxylic acids is 3. The Bertz CT molecular complexity index is 1010. The molecule has 0 heterocycles. The standard InChI is InChI=1S/C23H19N3O3/c27-21(16-11-17-7-3-1-4-8-17)25-26-23(29)19-12-14-20(15-13-19)24-22(28)18-9-5-2-6-10-18/h1-16H,(H,24,28)(H,25,27)(H,26,29)/b16-11+. The van der Waals surface area contributed by atoms with Crippen LogP contribution >= 0.6 is 0 Å². The predicted molar refractivity (Wildman–Crippen MR) is 112 cm³/mol. The van der Waals surface area contributed by atoms with Crippen molar-refractivity contribution in [2.45, 2.75) is 0 Å². The van der Waals surface area contributed by atoms with E-state index in [0.29, 0.717) is 16.8 Å². The second kappa shape index (κ2) is 9.66. The molecule has 3 rings (SSSR count). The molecule has 0 aliphatic rings. The third kappa shape index (κ3) is 5.90. The Hall–Kier alpha value is -4.19. The molecular weight excluding hydrogens is 366 g/mol. The van der Waals surface area contributed by atoms with Crippen LogP contribution in [0.5, 0.6) is 0 Å². The van der Waals surface area contributed by atoms with Crippen molar-refractivity contribution in [2.24, 2.45) is 0 Å². The van der Waals surface area contributed by atoms with Crippen LogP contribution in [0.4, 0.5) is 5.69 Å². The molecule has 3 aromatic rings. The molecule has 0 spiro atoms. The van der Waals surface area contributed by atoms with E-state index < -0.39 is 11.8 Å².